The molecule has 0 saturated heterocycles. The molecule has 2 aromatic heterocycles. The number of aromatic nitrogens is 3. The monoisotopic (exact) mass is 179 g/mol. The van der Waals surface area contributed by atoms with Crippen LogP contribution in [0, 0.1) is 0 Å². The Morgan fingerprint density at radius 1 is 1.58 bits per heavy atom. The fourth-order valence-electron chi connectivity index (χ4n) is 1.08. The molecule has 2 rings (SSSR count). The summed E-state index contributed by atoms with van der Waals surface area (Å²) in [7, 11) is 0. The first kappa shape index (κ1) is 7.61. The molecule has 0 radical (unpaired) electrons. The molecule has 0 N–H and O–H groups in total. The van der Waals surface area contributed by atoms with Crippen LogP contribution in [0.5, 0.6) is 0 Å². The Kier molecular flexibility index (Phi) is 1.99. The molecule has 2 aromatic rings. The molecule has 0 amide bonds. The maximum absolute atomic E-state index is 4.24. The first-order chi connectivity index (χ1) is 5.92. The zero-order valence-electron chi connectivity index (χ0n) is 6.77. The molecule has 4 heteroatoms. The molecule has 62 valence electrons. The summed E-state index contributed by atoms with van der Waals surface area (Å²) in [5.41, 5.74) is 2.09. The van der Waals surface area contributed by atoms with Gasteiger partial charge in [-0.3, -0.25) is 8.96 Å². The van der Waals surface area contributed by atoms with Crippen molar-refractivity contribution >= 4 is 23.0 Å². The fraction of sp³-hybridized carbons (Fsp3) is 0.250. The highest BCUT2D eigenvalue weighted by atomic mass is 32.2. The number of fused-ring (bicyclic) bond motifs is 1. The van der Waals surface area contributed by atoms with Gasteiger partial charge in [-0.05, 0) is 18.0 Å². The van der Waals surface area contributed by atoms with Crippen LogP contribution in [0.2, 0.25) is 0 Å². The van der Waals surface area contributed by atoms with E-state index in [9.17, 15) is 0 Å². The van der Waals surface area contributed by atoms with Gasteiger partial charge >= 0.3 is 0 Å². The van der Waals surface area contributed by atoms with E-state index in [2.05, 4.69) is 16.9 Å². The second kappa shape index (κ2) is 3.15. The van der Waals surface area contributed by atoms with Crippen LogP contribution in [0.15, 0.2) is 24.8 Å². The molecule has 3 nitrogen and oxygen atoms in total. The van der Waals surface area contributed by atoms with Gasteiger partial charge in [-0.15, -0.1) is 0 Å². The Labute approximate surface area is 75.0 Å². The zero-order valence-corrected chi connectivity index (χ0v) is 7.58. The first-order valence-corrected chi connectivity index (χ1v) is 4.76. The summed E-state index contributed by atoms with van der Waals surface area (Å²) in [5, 5.41) is 0. The van der Waals surface area contributed by atoms with E-state index in [1.807, 2.05) is 22.6 Å². The average Bonchev–Trinajstić information content (AvgIpc) is 2.50. The van der Waals surface area contributed by atoms with Crippen LogP contribution in [-0.4, -0.2) is 19.7 Å². The SMILES string of the molecule is CCSn1cnc2ccncc21. The van der Waals surface area contributed by atoms with Crippen LogP contribution in [0.4, 0.5) is 0 Å². The van der Waals surface area contributed by atoms with Gasteiger partial charge < -0.3 is 0 Å². The molecular weight excluding hydrogens is 170 g/mol. The van der Waals surface area contributed by atoms with Gasteiger partial charge in [0.2, 0.25) is 0 Å². The van der Waals surface area contributed by atoms with Crippen LogP contribution in [-0.2, 0) is 0 Å². The number of hydrogen-bond acceptors (Lipinski definition) is 3. The third-order valence-corrected chi connectivity index (χ3v) is 2.41. The van der Waals surface area contributed by atoms with Crippen molar-refractivity contribution < 1.29 is 0 Å². The summed E-state index contributed by atoms with van der Waals surface area (Å²) in [6, 6.07) is 1.92. The van der Waals surface area contributed by atoms with E-state index in [1.165, 1.54) is 0 Å². The highest BCUT2D eigenvalue weighted by Crippen LogP contribution is 2.15. The summed E-state index contributed by atoms with van der Waals surface area (Å²) in [5.74, 6) is 1.04. The lowest BCUT2D eigenvalue weighted by Gasteiger charge is -1.97. The molecule has 0 aliphatic carbocycles. The number of nitrogens with zero attached hydrogens (tertiary/aromatic N) is 3. The lowest BCUT2D eigenvalue weighted by atomic mass is 10.4. The van der Waals surface area contributed by atoms with Crippen molar-refractivity contribution in [3.63, 3.8) is 0 Å². The van der Waals surface area contributed by atoms with Gasteiger partial charge in [-0.1, -0.05) is 6.92 Å². The molecule has 2 heterocycles. The van der Waals surface area contributed by atoms with Gasteiger partial charge in [0.15, 0.2) is 0 Å². The number of hydrogen-bond donors (Lipinski definition) is 0. The zero-order chi connectivity index (χ0) is 8.39. The smallest absolute Gasteiger partial charge is 0.106 e. The molecule has 12 heavy (non-hydrogen) atoms. The summed E-state index contributed by atoms with van der Waals surface area (Å²) < 4.78 is 2.04. The van der Waals surface area contributed by atoms with Crippen molar-refractivity contribution in [3.05, 3.63) is 24.8 Å². The molecule has 0 atom stereocenters. The molecule has 0 saturated carbocycles. The van der Waals surface area contributed by atoms with Gasteiger partial charge in [-0.2, -0.15) is 0 Å². The Bertz CT molecular complexity index is 382. The molecule has 0 fully saturated rings. The van der Waals surface area contributed by atoms with Crippen molar-refractivity contribution in [2.45, 2.75) is 6.92 Å². The van der Waals surface area contributed by atoms with E-state index in [0.717, 1.165) is 16.8 Å². The minimum Gasteiger partial charge on any atom is -0.271 e. The number of pyridine rings is 1. The van der Waals surface area contributed by atoms with Crippen molar-refractivity contribution in [2.24, 2.45) is 0 Å². The van der Waals surface area contributed by atoms with Gasteiger partial charge in [0.05, 0.1) is 17.2 Å². The standard InChI is InChI=1S/C8H9N3S/c1-2-12-11-6-10-7-3-4-9-5-8(7)11/h3-6H,2H2,1H3. The van der Waals surface area contributed by atoms with Gasteiger partial charge in [0, 0.05) is 11.9 Å². The maximum Gasteiger partial charge on any atom is 0.106 e. The van der Waals surface area contributed by atoms with Gasteiger partial charge in [-0.25, -0.2) is 4.98 Å². The normalized spacial score (nSPS) is 10.8. The van der Waals surface area contributed by atoms with Crippen molar-refractivity contribution in [2.75, 3.05) is 5.75 Å². The van der Waals surface area contributed by atoms with Crippen LogP contribution in [0.1, 0.15) is 6.92 Å². The molecule has 0 unspecified atom stereocenters. The average molecular weight is 179 g/mol. The minimum absolute atomic E-state index is 1.01. The van der Waals surface area contributed by atoms with Crippen molar-refractivity contribution in [3.8, 4) is 0 Å². The Balaban J connectivity index is 2.55. The second-order valence-corrected chi connectivity index (χ2v) is 3.58. The van der Waals surface area contributed by atoms with Crippen molar-refractivity contribution in [1.82, 2.24) is 13.9 Å². The molecule has 0 aromatic carbocycles. The van der Waals surface area contributed by atoms with Crippen LogP contribution in [0.3, 0.4) is 0 Å². The third kappa shape index (κ3) is 1.18. The lowest BCUT2D eigenvalue weighted by Crippen LogP contribution is -1.84. The van der Waals surface area contributed by atoms with E-state index in [-0.39, 0.29) is 0 Å². The van der Waals surface area contributed by atoms with E-state index in [4.69, 9.17) is 0 Å². The molecule has 0 aliphatic heterocycles. The van der Waals surface area contributed by atoms with Gasteiger partial charge in [0.1, 0.15) is 6.33 Å². The fourth-order valence-corrected chi connectivity index (χ4v) is 1.75. The van der Waals surface area contributed by atoms with E-state index >= 15 is 0 Å². The minimum atomic E-state index is 1.01. The molecule has 0 spiro atoms. The van der Waals surface area contributed by atoms with E-state index in [1.54, 1.807) is 18.1 Å². The maximum atomic E-state index is 4.24. The topological polar surface area (TPSA) is 30.7 Å². The quantitative estimate of drug-likeness (QED) is 0.706. The second-order valence-electron chi connectivity index (χ2n) is 2.35. The predicted molar refractivity (Wildman–Crippen MR) is 51.1 cm³/mol. The van der Waals surface area contributed by atoms with Crippen LogP contribution in [0.25, 0.3) is 11.0 Å². The number of rotatable bonds is 2. The largest absolute Gasteiger partial charge is 0.271 e. The first-order valence-electron chi connectivity index (χ1n) is 3.82. The Morgan fingerprint density at radius 2 is 2.50 bits per heavy atom. The van der Waals surface area contributed by atoms with Crippen LogP contribution >= 0.6 is 11.9 Å². The summed E-state index contributed by atoms with van der Waals surface area (Å²) in [6.07, 6.45) is 5.43. The van der Waals surface area contributed by atoms with Crippen molar-refractivity contribution in [1.29, 1.82) is 0 Å². The summed E-state index contributed by atoms with van der Waals surface area (Å²) in [6.45, 7) is 2.12. The molecule has 0 bridgehead atoms. The lowest BCUT2D eigenvalue weighted by molar-refractivity contribution is 1.25. The number of imidazole rings is 1. The summed E-state index contributed by atoms with van der Waals surface area (Å²) in [4.78, 5) is 8.29. The third-order valence-electron chi connectivity index (χ3n) is 1.59. The van der Waals surface area contributed by atoms with Crippen LogP contribution < -0.4 is 0 Å². The Hall–Kier alpha value is -1.03. The Morgan fingerprint density at radius 3 is 3.33 bits per heavy atom. The molecular formula is C8H9N3S. The summed E-state index contributed by atoms with van der Waals surface area (Å²) >= 11 is 1.73. The van der Waals surface area contributed by atoms with Gasteiger partial charge in [0.25, 0.3) is 0 Å². The predicted octanol–water partition coefficient (Wildman–Crippen LogP) is 1.95. The van der Waals surface area contributed by atoms with E-state index < -0.39 is 0 Å². The molecule has 0 aliphatic rings. The highest BCUT2D eigenvalue weighted by Gasteiger charge is 1.99. The van der Waals surface area contributed by atoms with E-state index in [0.29, 0.717) is 0 Å². The highest BCUT2D eigenvalue weighted by molar-refractivity contribution is 7.97.